The first-order valence-corrected chi connectivity index (χ1v) is 8.54. The number of carbonyl (C=O) groups is 2. The summed E-state index contributed by atoms with van der Waals surface area (Å²) in [6.45, 7) is 1.46. The molecule has 0 aliphatic carbocycles. The van der Waals surface area contributed by atoms with Gasteiger partial charge in [0.25, 0.3) is 5.91 Å². The lowest BCUT2D eigenvalue weighted by Crippen LogP contribution is -2.41. The Hall–Kier alpha value is -2.44. The van der Waals surface area contributed by atoms with Crippen LogP contribution in [0.2, 0.25) is 10.0 Å². The highest BCUT2D eigenvalue weighted by atomic mass is 35.5. The summed E-state index contributed by atoms with van der Waals surface area (Å²) in [4.78, 5) is 24.4. The number of ether oxygens (including phenoxy) is 3. The minimum absolute atomic E-state index is 0.00802. The highest BCUT2D eigenvalue weighted by molar-refractivity contribution is 6.35. The van der Waals surface area contributed by atoms with E-state index in [9.17, 15) is 9.59 Å². The molecule has 136 valence electrons. The second-order valence-electron chi connectivity index (χ2n) is 5.59. The van der Waals surface area contributed by atoms with Crippen molar-refractivity contribution < 1.29 is 23.8 Å². The maximum atomic E-state index is 12.2. The lowest BCUT2D eigenvalue weighted by molar-refractivity contribution is -0.162. The molecule has 1 N–H and O–H groups in total. The second-order valence-corrected chi connectivity index (χ2v) is 6.46. The summed E-state index contributed by atoms with van der Waals surface area (Å²) >= 11 is 11.8. The van der Waals surface area contributed by atoms with Crippen LogP contribution in [-0.4, -0.2) is 30.7 Å². The Balaban J connectivity index is 1.58. The summed E-state index contributed by atoms with van der Waals surface area (Å²) in [5.74, 6) is -0.202. The van der Waals surface area contributed by atoms with Gasteiger partial charge in [0.1, 0.15) is 6.61 Å². The molecule has 2 aromatic rings. The largest absolute Gasteiger partial charge is 0.485 e. The van der Waals surface area contributed by atoms with E-state index >= 15 is 0 Å². The summed E-state index contributed by atoms with van der Waals surface area (Å²) in [6.07, 6.45) is -1.98. The Morgan fingerprint density at radius 3 is 2.50 bits per heavy atom. The molecule has 26 heavy (non-hydrogen) atoms. The van der Waals surface area contributed by atoms with Gasteiger partial charge in [0.15, 0.2) is 17.6 Å². The molecule has 3 rings (SSSR count). The van der Waals surface area contributed by atoms with Gasteiger partial charge in [-0.1, -0.05) is 35.3 Å². The molecule has 0 spiro atoms. The average Bonchev–Trinajstić information content (AvgIpc) is 2.60. The third-order valence-corrected chi connectivity index (χ3v) is 4.00. The van der Waals surface area contributed by atoms with Gasteiger partial charge in [-0.15, -0.1) is 0 Å². The average molecular weight is 396 g/mol. The fraction of sp³-hybridized carbons (Fsp3) is 0.222. The van der Waals surface area contributed by atoms with Gasteiger partial charge in [0, 0.05) is 15.7 Å². The van der Waals surface area contributed by atoms with Gasteiger partial charge in [-0.05, 0) is 37.3 Å². The molecule has 0 aromatic heterocycles. The fourth-order valence-electron chi connectivity index (χ4n) is 2.31. The van der Waals surface area contributed by atoms with Crippen molar-refractivity contribution in [2.24, 2.45) is 0 Å². The van der Waals surface area contributed by atoms with E-state index in [2.05, 4.69) is 5.32 Å². The quantitative estimate of drug-likeness (QED) is 0.798. The fourth-order valence-corrected chi connectivity index (χ4v) is 2.84. The molecule has 0 unspecified atom stereocenters. The molecule has 1 heterocycles. The summed E-state index contributed by atoms with van der Waals surface area (Å²) in [7, 11) is 0. The molecule has 8 heteroatoms. The van der Waals surface area contributed by atoms with Crippen LogP contribution in [0, 0.1) is 0 Å². The van der Waals surface area contributed by atoms with E-state index in [0.29, 0.717) is 27.2 Å². The standard InChI is InChI=1S/C18H15Cl2NO5/c1-10(17(22)21-13-7-11(19)6-12(20)8-13)25-18(23)16-9-24-14-4-2-3-5-15(14)26-16/h2-8,10,16H,9H2,1H3,(H,21,22)/t10-,16-/m1/s1. The van der Waals surface area contributed by atoms with Crippen molar-refractivity contribution in [1.82, 2.24) is 0 Å². The van der Waals surface area contributed by atoms with E-state index in [1.165, 1.54) is 19.1 Å². The number of carbonyl (C=O) groups excluding carboxylic acids is 2. The molecule has 0 radical (unpaired) electrons. The molecule has 0 saturated heterocycles. The van der Waals surface area contributed by atoms with E-state index in [0.717, 1.165) is 0 Å². The number of hydrogen-bond acceptors (Lipinski definition) is 5. The third-order valence-electron chi connectivity index (χ3n) is 3.56. The minimum Gasteiger partial charge on any atom is -0.485 e. The molecule has 1 amide bonds. The number of rotatable bonds is 4. The van der Waals surface area contributed by atoms with Crippen molar-refractivity contribution >= 4 is 40.8 Å². The molecule has 2 aromatic carbocycles. The van der Waals surface area contributed by atoms with Crippen LogP contribution >= 0.6 is 23.2 Å². The first-order chi connectivity index (χ1) is 12.4. The van der Waals surface area contributed by atoms with Crippen molar-refractivity contribution in [3.8, 4) is 11.5 Å². The third kappa shape index (κ3) is 4.39. The Morgan fingerprint density at radius 1 is 1.15 bits per heavy atom. The predicted octanol–water partition coefficient (Wildman–Crippen LogP) is 3.70. The predicted molar refractivity (Wildman–Crippen MR) is 97.0 cm³/mol. The summed E-state index contributed by atoms with van der Waals surface area (Å²) in [5.41, 5.74) is 0.404. The van der Waals surface area contributed by atoms with Gasteiger partial charge < -0.3 is 19.5 Å². The van der Waals surface area contributed by atoms with E-state index in [4.69, 9.17) is 37.4 Å². The van der Waals surface area contributed by atoms with Crippen LogP contribution < -0.4 is 14.8 Å². The highest BCUT2D eigenvalue weighted by Crippen LogP contribution is 2.31. The number of fused-ring (bicyclic) bond motifs is 1. The molecular formula is C18H15Cl2NO5. The summed E-state index contributed by atoms with van der Waals surface area (Å²) < 4.78 is 16.2. The van der Waals surface area contributed by atoms with Crippen LogP contribution in [-0.2, 0) is 14.3 Å². The number of nitrogens with one attached hydrogen (secondary N) is 1. The number of esters is 1. The minimum atomic E-state index is -1.04. The van der Waals surface area contributed by atoms with Crippen LogP contribution in [0.3, 0.4) is 0 Å². The van der Waals surface area contributed by atoms with E-state index in [1.54, 1.807) is 30.3 Å². The van der Waals surface area contributed by atoms with Crippen molar-refractivity contribution in [3.05, 3.63) is 52.5 Å². The molecule has 1 aliphatic rings. The Morgan fingerprint density at radius 2 is 1.81 bits per heavy atom. The zero-order valence-corrected chi connectivity index (χ0v) is 15.2. The molecule has 6 nitrogen and oxygen atoms in total. The molecule has 2 atom stereocenters. The molecule has 1 aliphatic heterocycles. The van der Waals surface area contributed by atoms with Crippen LogP contribution in [0.4, 0.5) is 5.69 Å². The van der Waals surface area contributed by atoms with Crippen molar-refractivity contribution in [2.45, 2.75) is 19.1 Å². The van der Waals surface area contributed by atoms with Gasteiger partial charge in [-0.2, -0.15) is 0 Å². The Labute approximate surface area is 159 Å². The Bertz CT molecular complexity index is 822. The number of anilines is 1. The maximum absolute atomic E-state index is 12.2. The first kappa shape index (κ1) is 18.4. The number of benzene rings is 2. The number of amides is 1. The van der Waals surface area contributed by atoms with Crippen molar-refractivity contribution in [3.63, 3.8) is 0 Å². The topological polar surface area (TPSA) is 73.9 Å². The molecule has 0 saturated carbocycles. The van der Waals surface area contributed by atoms with Crippen LogP contribution in [0.15, 0.2) is 42.5 Å². The van der Waals surface area contributed by atoms with Gasteiger partial charge in [0.2, 0.25) is 6.10 Å². The van der Waals surface area contributed by atoms with Crippen molar-refractivity contribution in [1.29, 1.82) is 0 Å². The van der Waals surface area contributed by atoms with Gasteiger partial charge in [0.05, 0.1) is 0 Å². The lowest BCUT2D eigenvalue weighted by atomic mass is 10.2. The molecule has 0 fully saturated rings. The smallest absolute Gasteiger partial charge is 0.351 e. The SMILES string of the molecule is C[C@@H](OC(=O)[C@H]1COc2ccccc2O1)C(=O)Nc1cc(Cl)cc(Cl)c1. The second kappa shape index (κ2) is 7.85. The first-order valence-electron chi connectivity index (χ1n) is 7.78. The van der Waals surface area contributed by atoms with Crippen LogP contribution in [0.5, 0.6) is 11.5 Å². The Kier molecular flexibility index (Phi) is 5.54. The van der Waals surface area contributed by atoms with E-state index in [-0.39, 0.29) is 6.61 Å². The van der Waals surface area contributed by atoms with E-state index < -0.39 is 24.1 Å². The number of halogens is 2. The van der Waals surface area contributed by atoms with Gasteiger partial charge >= 0.3 is 5.97 Å². The molecular weight excluding hydrogens is 381 g/mol. The zero-order chi connectivity index (χ0) is 18.7. The van der Waals surface area contributed by atoms with Crippen molar-refractivity contribution in [2.75, 3.05) is 11.9 Å². The zero-order valence-electron chi connectivity index (χ0n) is 13.7. The van der Waals surface area contributed by atoms with Gasteiger partial charge in [-0.25, -0.2) is 4.79 Å². The summed E-state index contributed by atoms with van der Waals surface area (Å²) in [5, 5.41) is 3.35. The van der Waals surface area contributed by atoms with Crippen LogP contribution in [0.25, 0.3) is 0 Å². The highest BCUT2D eigenvalue weighted by Gasteiger charge is 2.31. The lowest BCUT2D eigenvalue weighted by Gasteiger charge is -2.25. The normalized spacial score (nSPS) is 16.5. The number of hydrogen-bond donors (Lipinski definition) is 1. The number of para-hydroxylation sites is 2. The van der Waals surface area contributed by atoms with Crippen LogP contribution in [0.1, 0.15) is 6.92 Å². The maximum Gasteiger partial charge on any atom is 0.351 e. The van der Waals surface area contributed by atoms with E-state index in [1.807, 2.05) is 0 Å². The monoisotopic (exact) mass is 395 g/mol. The van der Waals surface area contributed by atoms with Gasteiger partial charge in [-0.3, -0.25) is 4.79 Å². The molecule has 0 bridgehead atoms. The summed E-state index contributed by atoms with van der Waals surface area (Å²) in [6, 6.07) is 11.6.